The van der Waals surface area contributed by atoms with Crippen LogP contribution in [0.1, 0.15) is 11.1 Å². The lowest BCUT2D eigenvalue weighted by molar-refractivity contribution is 0.496. The van der Waals surface area contributed by atoms with Gasteiger partial charge in [-0.05, 0) is 37.1 Å². The summed E-state index contributed by atoms with van der Waals surface area (Å²) in [6, 6.07) is 3.13. The van der Waals surface area contributed by atoms with Crippen molar-refractivity contribution < 1.29 is 12.6 Å². The molecule has 0 spiro atoms. The fourth-order valence-corrected chi connectivity index (χ4v) is 1.66. The summed E-state index contributed by atoms with van der Waals surface area (Å²) in [5, 5.41) is 1.37. The maximum absolute atomic E-state index is 11.1. The van der Waals surface area contributed by atoms with Gasteiger partial charge in [-0.15, -0.1) is 0 Å². The quantitative estimate of drug-likeness (QED) is 0.771. The highest BCUT2D eigenvalue weighted by atomic mass is 35.5. The van der Waals surface area contributed by atoms with Crippen molar-refractivity contribution in [3.05, 3.63) is 40.3 Å². The van der Waals surface area contributed by atoms with Gasteiger partial charge >= 0.3 is 10.1 Å². The van der Waals surface area contributed by atoms with Crippen molar-refractivity contribution in [2.45, 2.75) is 13.8 Å². The lowest BCUT2D eigenvalue weighted by Gasteiger charge is -2.07. The van der Waals surface area contributed by atoms with Crippen LogP contribution < -0.4 is 4.18 Å². The van der Waals surface area contributed by atoms with Gasteiger partial charge in [0.2, 0.25) is 0 Å². The van der Waals surface area contributed by atoms with Crippen LogP contribution in [0.15, 0.2) is 24.1 Å². The molecule has 0 atom stereocenters. The number of hydrogen-bond donors (Lipinski definition) is 0. The summed E-state index contributed by atoms with van der Waals surface area (Å²) >= 11 is 5.93. The topological polar surface area (TPSA) is 43.4 Å². The van der Waals surface area contributed by atoms with Crippen molar-refractivity contribution in [2.24, 2.45) is 0 Å². The van der Waals surface area contributed by atoms with Crippen LogP contribution in [0.4, 0.5) is 0 Å². The Kier molecular flexibility index (Phi) is 3.42. The van der Waals surface area contributed by atoms with Gasteiger partial charge in [-0.1, -0.05) is 18.2 Å². The largest absolute Gasteiger partial charge is 0.379 e. The van der Waals surface area contributed by atoms with E-state index in [2.05, 4.69) is 6.58 Å². The third kappa shape index (κ3) is 2.97. The van der Waals surface area contributed by atoms with Gasteiger partial charge in [-0.2, -0.15) is 8.42 Å². The summed E-state index contributed by atoms with van der Waals surface area (Å²) in [6.45, 7) is 6.71. The summed E-state index contributed by atoms with van der Waals surface area (Å²) < 4.78 is 27.0. The molecule has 0 fully saturated rings. The fraction of sp³-hybridized carbons (Fsp3) is 0.200. The second kappa shape index (κ2) is 4.24. The van der Waals surface area contributed by atoms with Gasteiger partial charge in [-0.3, -0.25) is 0 Å². The van der Waals surface area contributed by atoms with E-state index in [1.807, 2.05) is 0 Å². The fourth-order valence-electron chi connectivity index (χ4n) is 1.12. The predicted octanol–water partition coefficient (Wildman–Crippen LogP) is 2.81. The van der Waals surface area contributed by atoms with Crippen molar-refractivity contribution in [1.29, 1.82) is 0 Å². The molecule has 0 unspecified atom stereocenters. The minimum absolute atomic E-state index is 0.245. The normalized spacial score (nSPS) is 11.1. The molecule has 82 valence electrons. The zero-order chi connectivity index (χ0) is 11.6. The van der Waals surface area contributed by atoms with Gasteiger partial charge in [0, 0.05) is 5.02 Å². The lowest BCUT2D eigenvalue weighted by Crippen LogP contribution is -2.04. The van der Waals surface area contributed by atoms with Gasteiger partial charge in [0.15, 0.2) is 0 Å². The second-order valence-electron chi connectivity index (χ2n) is 3.11. The van der Waals surface area contributed by atoms with Crippen LogP contribution in [0.5, 0.6) is 5.75 Å². The predicted molar refractivity (Wildman–Crippen MR) is 60.7 cm³/mol. The Balaban J connectivity index is 3.14. The summed E-state index contributed by atoms with van der Waals surface area (Å²) in [7, 11) is -3.70. The van der Waals surface area contributed by atoms with Crippen LogP contribution in [0.3, 0.4) is 0 Å². The van der Waals surface area contributed by atoms with Crippen LogP contribution in [0.2, 0.25) is 5.02 Å². The molecule has 0 saturated heterocycles. The first-order valence-corrected chi connectivity index (χ1v) is 6.04. The second-order valence-corrected chi connectivity index (χ2v) is 4.98. The van der Waals surface area contributed by atoms with E-state index in [0.717, 1.165) is 16.5 Å². The molecule has 0 aliphatic heterocycles. The van der Waals surface area contributed by atoms with Gasteiger partial charge < -0.3 is 4.18 Å². The van der Waals surface area contributed by atoms with E-state index in [9.17, 15) is 8.42 Å². The monoisotopic (exact) mass is 246 g/mol. The first-order chi connectivity index (χ1) is 6.85. The summed E-state index contributed by atoms with van der Waals surface area (Å²) in [5.74, 6) is 0.245. The average Bonchev–Trinajstić information content (AvgIpc) is 2.13. The molecular formula is C10H11ClO3S. The smallest absolute Gasteiger partial charge is 0.331 e. The zero-order valence-corrected chi connectivity index (χ0v) is 10.0. The van der Waals surface area contributed by atoms with Crippen LogP contribution in [0, 0.1) is 13.8 Å². The SMILES string of the molecule is C=CS(=O)(=O)Oc1cc(C)c(Cl)c(C)c1. The van der Waals surface area contributed by atoms with Gasteiger partial charge in [0.25, 0.3) is 0 Å². The number of benzene rings is 1. The van der Waals surface area contributed by atoms with E-state index in [1.54, 1.807) is 26.0 Å². The van der Waals surface area contributed by atoms with E-state index < -0.39 is 10.1 Å². The highest BCUT2D eigenvalue weighted by molar-refractivity contribution is 7.90. The Bertz CT molecular complexity index is 468. The average molecular weight is 247 g/mol. The zero-order valence-electron chi connectivity index (χ0n) is 8.45. The molecule has 0 aliphatic carbocycles. The number of rotatable bonds is 3. The van der Waals surface area contributed by atoms with E-state index in [0.29, 0.717) is 5.02 Å². The molecule has 0 aromatic heterocycles. The Hall–Kier alpha value is -1.00. The van der Waals surface area contributed by atoms with Crippen LogP contribution >= 0.6 is 11.6 Å². The number of halogens is 1. The minimum atomic E-state index is -3.70. The highest BCUT2D eigenvalue weighted by Gasteiger charge is 2.09. The molecule has 0 bridgehead atoms. The van der Waals surface area contributed by atoms with Crippen molar-refractivity contribution in [2.75, 3.05) is 0 Å². The van der Waals surface area contributed by atoms with Crippen LogP contribution in [-0.2, 0) is 10.1 Å². The Morgan fingerprint density at radius 1 is 1.33 bits per heavy atom. The minimum Gasteiger partial charge on any atom is -0.379 e. The molecule has 0 aliphatic rings. The molecule has 15 heavy (non-hydrogen) atoms. The Morgan fingerprint density at radius 2 is 1.80 bits per heavy atom. The summed E-state index contributed by atoms with van der Waals surface area (Å²) in [6.07, 6.45) is 0. The maximum atomic E-state index is 11.1. The van der Waals surface area contributed by atoms with Crippen molar-refractivity contribution in [3.8, 4) is 5.75 Å². The maximum Gasteiger partial charge on any atom is 0.331 e. The van der Waals surface area contributed by atoms with Crippen molar-refractivity contribution in [3.63, 3.8) is 0 Å². The first kappa shape index (κ1) is 12.1. The molecule has 5 heteroatoms. The Labute approximate surface area is 94.5 Å². The van der Waals surface area contributed by atoms with E-state index in [-0.39, 0.29) is 5.75 Å². The van der Waals surface area contributed by atoms with E-state index in [4.69, 9.17) is 15.8 Å². The number of aryl methyl sites for hydroxylation is 2. The summed E-state index contributed by atoms with van der Waals surface area (Å²) in [4.78, 5) is 0. The first-order valence-electron chi connectivity index (χ1n) is 4.19. The van der Waals surface area contributed by atoms with Crippen LogP contribution in [-0.4, -0.2) is 8.42 Å². The molecule has 1 aromatic rings. The Morgan fingerprint density at radius 3 is 2.20 bits per heavy atom. The molecule has 0 N–H and O–H groups in total. The molecule has 0 radical (unpaired) electrons. The van der Waals surface area contributed by atoms with Crippen molar-refractivity contribution in [1.82, 2.24) is 0 Å². The van der Waals surface area contributed by atoms with Gasteiger partial charge in [0.05, 0.1) is 5.41 Å². The standard InChI is InChI=1S/C10H11ClO3S/c1-4-15(12,13)14-9-5-7(2)10(11)8(3)6-9/h4-6H,1H2,2-3H3. The summed E-state index contributed by atoms with van der Waals surface area (Å²) in [5.41, 5.74) is 1.54. The third-order valence-electron chi connectivity index (χ3n) is 1.83. The molecular weight excluding hydrogens is 236 g/mol. The van der Waals surface area contributed by atoms with E-state index in [1.165, 1.54) is 0 Å². The molecule has 1 rings (SSSR count). The lowest BCUT2D eigenvalue weighted by atomic mass is 10.1. The third-order valence-corrected chi connectivity index (χ3v) is 3.26. The molecule has 0 saturated carbocycles. The molecule has 0 heterocycles. The molecule has 1 aromatic carbocycles. The van der Waals surface area contributed by atoms with Crippen molar-refractivity contribution >= 4 is 21.7 Å². The van der Waals surface area contributed by atoms with Gasteiger partial charge in [0.1, 0.15) is 5.75 Å². The van der Waals surface area contributed by atoms with E-state index >= 15 is 0 Å². The van der Waals surface area contributed by atoms with Crippen LogP contribution in [0.25, 0.3) is 0 Å². The van der Waals surface area contributed by atoms with Gasteiger partial charge in [-0.25, -0.2) is 0 Å². The molecule has 0 amide bonds. The number of hydrogen-bond acceptors (Lipinski definition) is 3. The highest BCUT2D eigenvalue weighted by Crippen LogP contribution is 2.26. The molecule has 3 nitrogen and oxygen atoms in total.